The minimum atomic E-state index is -0.0263. The number of halogens is 1. The normalized spacial score (nSPS) is 27.9. The molecule has 0 saturated carbocycles. The predicted octanol–water partition coefficient (Wildman–Crippen LogP) is 3.38. The molecule has 1 fully saturated rings. The van der Waals surface area contributed by atoms with E-state index in [1.165, 1.54) is 29.9 Å². The summed E-state index contributed by atoms with van der Waals surface area (Å²) >= 11 is 0. The van der Waals surface area contributed by atoms with Gasteiger partial charge in [0.1, 0.15) is 11.6 Å². The number of likely N-dealkylation sites (N-methyl/N-ethyl adjacent to an activating group) is 1. The van der Waals surface area contributed by atoms with Crippen LogP contribution in [0.3, 0.4) is 0 Å². The number of fused-ring (bicyclic) bond motifs is 2. The Morgan fingerprint density at radius 3 is 2.89 bits per heavy atom. The van der Waals surface area contributed by atoms with Gasteiger partial charge in [0.15, 0.2) is 0 Å². The van der Waals surface area contributed by atoms with Crippen LogP contribution in [0, 0.1) is 5.82 Å². The highest BCUT2D eigenvalue weighted by Crippen LogP contribution is 2.42. The topological polar surface area (TPSA) is 24.3 Å². The van der Waals surface area contributed by atoms with E-state index in [-0.39, 0.29) is 11.9 Å². The minimum absolute atomic E-state index is 0.0263. The fraction of sp³-hybridized carbons (Fsp3) is 0.591. The molecule has 27 heavy (non-hydrogen) atoms. The van der Waals surface area contributed by atoms with Gasteiger partial charge in [-0.15, -0.1) is 0 Å². The quantitative estimate of drug-likeness (QED) is 0.830. The zero-order valence-electron chi connectivity index (χ0n) is 16.4. The number of aromatic nitrogens is 2. The second-order valence-electron chi connectivity index (χ2n) is 8.67. The summed E-state index contributed by atoms with van der Waals surface area (Å²) in [6, 6.07) is 6.25. The van der Waals surface area contributed by atoms with E-state index in [2.05, 4.69) is 40.7 Å². The average molecular weight is 369 g/mol. The highest BCUT2D eigenvalue weighted by Gasteiger charge is 2.42. The van der Waals surface area contributed by atoms with E-state index in [0.29, 0.717) is 12.0 Å². The van der Waals surface area contributed by atoms with Crippen LogP contribution < -0.4 is 0 Å². The third-order valence-corrected chi connectivity index (χ3v) is 6.97. The predicted molar refractivity (Wildman–Crippen MR) is 104 cm³/mol. The molecule has 5 rings (SSSR count). The van der Waals surface area contributed by atoms with Crippen LogP contribution in [0.4, 0.5) is 4.39 Å². The van der Waals surface area contributed by atoms with Gasteiger partial charge < -0.3 is 9.47 Å². The molecule has 3 unspecified atom stereocenters. The molecule has 1 aromatic heterocycles. The van der Waals surface area contributed by atoms with Gasteiger partial charge in [-0.1, -0.05) is 12.1 Å². The first kappa shape index (κ1) is 17.4. The van der Waals surface area contributed by atoms with Crippen molar-refractivity contribution in [3.05, 3.63) is 52.9 Å². The van der Waals surface area contributed by atoms with Gasteiger partial charge in [-0.2, -0.15) is 0 Å². The highest BCUT2D eigenvalue weighted by molar-refractivity contribution is 5.36. The number of benzene rings is 1. The summed E-state index contributed by atoms with van der Waals surface area (Å²) in [6.45, 7) is 3.09. The van der Waals surface area contributed by atoms with Gasteiger partial charge in [0.05, 0.1) is 0 Å². The molecule has 0 amide bonds. The molecular formula is C22H29FN4. The van der Waals surface area contributed by atoms with Crippen molar-refractivity contribution < 1.29 is 4.39 Å². The molecule has 3 aliphatic rings. The summed E-state index contributed by atoms with van der Waals surface area (Å²) in [7, 11) is 4.36. The van der Waals surface area contributed by atoms with Crippen LogP contribution in [-0.2, 0) is 19.4 Å². The lowest BCUT2D eigenvalue weighted by Gasteiger charge is -2.27. The van der Waals surface area contributed by atoms with Crippen LogP contribution in [0.1, 0.15) is 53.9 Å². The monoisotopic (exact) mass is 368 g/mol. The van der Waals surface area contributed by atoms with Crippen molar-refractivity contribution in [2.24, 2.45) is 0 Å². The smallest absolute Gasteiger partial charge is 0.128 e. The van der Waals surface area contributed by atoms with Gasteiger partial charge in [0.25, 0.3) is 0 Å². The molecule has 1 saturated heterocycles. The van der Waals surface area contributed by atoms with Crippen molar-refractivity contribution in [3.8, 4) is 0 Å². The fourth-order valence-corrected chi connectivity index (χ4v) is 5.59. The van der Waals surface area contributed by atoms with E-state index in [9.17, 15) is 4.39 Å². The third-order valence-electron chi connectivity index (χ3n) is 6.97. The first-order valence-corrected chi connectivity index (χ1v) is 10.4. The Balaban J connectivity index is 1.46. The van der Waals surface area contributed by atoms with Crippen molar-refractivity contribution >= 4 is 0 Å². The van der Waals surface area contributed by atoms with Gasteiger partial charge in [0, 0.05) is 61.5 Å². The second kappa shape index (κ2) is 6.71. The Bertz CT molecular complexity index is 843. The number of rotatable bonds is 3. The van der Waals surface area contributed by atoms with E-state index < -0.39 is 0 Å². The highest BCUT2D eigenvalue weighted by atomic mass is 19.1. The Labute approximate surface area is 161 Å². The van der Waals surface area contributed by atoms with Crippen molar-refractivity contribution in [3.63, 3.8) is 0 Å². The first-order chi connectivity index (χ1) is 13.1. The van der Waals surface area contributed by atoms with Gasteiger partial charge in [-0.05, 0) is 51.4 Å². The lowest BCUT2D eigenvalue weighted by molar-refractivity contribution is 0.213. The Morgan fingerprint density at radius 2 is 2.04 bits per heavy atom. The van der Waals surface area contributed by atoms with Crippen LogP contribution in [0.2, 0.25) is 0 Å². The summed E-state index contributed by atoms with van der Waals surface area (Å²) in [5, 5.41) is 0. The van der Waals surface area contributed by atoms with Crippen molar-refractivity contribution in [1.82, 2.24) is 19.4 Å². The molecule has 3 heterocycles. The summed E-state index contributed by atoms with van der Waals surface area (Å²) in [4.78, 5) is 9.62. The molecule has 1 aliphatic carbocycles. The lowest BCUT2D eigenvalue weighted by atomic mass is 9.98. The molecule has 2 aliphatic heterocycles. The number of hydrogen-bond acceptors (Lipinski definition) is 3. The molecule has 0 radical (unpaired) electrons. The Kier molecular flexibility index (Phi) is 4.32. The van der Waals surface area contributed by atoms with Gasteiger partial charge >= 0.3 is 0 Å². The standard InChI is InChI=1S/C22H29FN4/c1-25(2)20-14-26(18-10-9-15-6-5-7-17(23)22(15)18)13-16(20)19-12-24-21-8-3-4-11-27(19)21/h5-7,12,16,18,20H,3-4,8-11,13-14H2,1-2H3. The molecule has 0 N–H and O–H groups in total. The maximum Gasteiger partial charge on any atom is 0.128 e. The van der Waals surface area contributed by atoms with Gasteiger partial charge in [-0.25, -0.2) is 9.37 Å². The van der Waals surface area contributed by atoms with Crippen LogP contribution in [0.5, 0.6) is 0 Å². The number of imidazole rings is 1. The van der Waals surface area contributed by atoms with Crippen molar-refractivity contribution in [1.29, 1.82) is 0 Å². The SMILES string of the molecule is CN(C)C1CN(C2CCc3cccc(F)c32)CC1c1cnc2n1CCCC2. The largest absolute Gasteiger partial charge is 0.332 e. The molecule has 4 nitrogen and oxygen atoms in total. The molecule has 144 valence electrons. The minimum Gasteiger partial charge on any atom is -0.332 e. The average Bonchev–Trinajstić information content (AvgIpc) is 3.37. The van der Waals surface area contributed by atoms with Crippen molar-refractivity contribution in [2.45, 2.75) is 56.7 Å². The molecule has 3 atom stereocenters. The zero-order chi connectivity index (χ0) is 18.5. The van der Waals surface area contributed by atoms with Gasteiger partial charge in [-0.3, -0.25) is 4.90 Å². The molecule has 0 bridgehead atoms. The first-order valence-electron chi connectivity index (χ1n) is 10.4. The summed E-state index contributed by atoms with van der Waals surface area (Å²) in [5.41, 5.74) is 3.54. The van der Waals surface area contributed by atoms with E-state index >= 15 is 0 Å². The van der Waals surface area contributed by atoms with E-state index in [4.69, 9.17) is 4.98 Å². The van der Waals surface area contributed by atoms with Gasteiger partial charge in [0.2, 0.25) is 0 Å². The number of aryl methyl sites for hydroxylation is 2. The number of nitrogens with zero attached hydrogens (tertiary/aromatic N) is 4. The zero-order valence-corrected chi connectivity index (χ0v) is 16.4. The van der Waals surface area contributed by atoms with Crippen LogP contribution in [-0.4, -0.2) is 52.6 Å². The maximum absolute atomic E-state index is 14.6. The van der Waals surface area contributed by atoms with Crippen LogP contribution in [0.25, 0.3) is 0 Å². The van der Waals surface area contributed by atoms with E-state index in [0.717, 1.165) is 44.5 Å². The fourth-order valence-electron chi connectivity index (χ4n) is 5.59. The lowest BCUT2D eigenvalue weighted by Crippen LogP contribution is -2.35. The van der Waals surface area contributed by atoms with Crippen LogP contribution >= 0.6 is 0 Å². The van der Waals surface area contributed by atoms with Crippen LogP contribution in [0.15, 0.2) is 24.4 Å². The summed E-state index contributed by atoms with van der Waals surface area (Å²) < 4.78 is 17.1. The Morgan fingerprint density at radius 1 is 1.15 bits per heavy atom. The second-order valence-corrected chi connectivity index (χ2v) is 8.67. The molecule has 0 spiro atoms. The molecule has 2 aromatic rings. The maximum atomic E-state index is 14.6. The Hall–Kier alpha value is -1.72. The van der Waals surface area contributed by atoms with Crippen molar-refractivity contribution in [2.75, 3.05) is 27.2 Å². The van der Waals surface area contributed by atoms with E-state index in [1.54, 1.807) is 6.07 Å². The molecule has 5 heteroatoms. The summed E-state index contributed by atoms with van der Waals surface area (Å²) in [5.74, 6) is 1.67. The number of hydrogen-bond donors (Lipinski definition) is 0. The summed E-state index contributed by atoms with van der Waals surface area (Å²) in [6.07, 6.45) is 7.75. The number of likely N-dealkylation sites (tertiary alicyclic amines) is 1. The molecular weight excluding hydrogens is 339 g/mol. The third kappa shape index (κ3) is 2.83. The molecule has 1 aromatic carbocycles. The van der Waals surface area contributed by atoms with E-state index in [1.807, 2.05) is 6.07 Å².